The minimum atomic E-state index is 0.0379. The van der Waals surface area contributed by atoms with Crippen LogP contribution in [0, 0.1) is 0 Å². The number of hydrogen-bond acceptors (Lipinski definition) is 4. The molecule has 0 fully saturated rings. The lowest BCUT2D eigenvalue weighted by atomic mass is 10.0. The standard InChI is InChI=1S/C15H19BrN2O2/c1-3-6-18-14(13-5-7-20-15(13)16)11-8-12(19-4-2)10-17-9-11/h5,7-10,14,18H,3-4,6H2,1-2H3. The van der Waals surface area contributed by atoms with E-state index < -0.39 is 0 Å². The summed E-state index contributed by atoms with van der Waals surface area (Å²) in [5, 5.41) is 3.51. The number of hydrogen-bond donors (Lipinski definition) is 1. The van der Waals surface area contributed by atoms with Crippen LogP contribution >= 0.6 is 15.9 Å². The third kappa shape index (κ3) is 3.61. The molecule has 0 aromatic carbocycles. The zero-order valence-corrected chi connectivity index (χ0v) is 13.3. The number of nitrogens with zero attached hydrogens (tertiary/aromatic N) is 1. The largest absolute Gasteiger partial charge is 0.492 e. The van der Waals surface area contributed by atoms with Gasteiger partial charge in [-0.2, -0.15) is 0 Å². The van der Waals surface area contributed by atoms with Crippen LogP contribution in [0.4, 0.5) is 0 Å². The minimum Gasteiger partial charge on any atom is -0.492 e. The van der Waals surface area contributed by atoms with Crippen LogP contribution < -0.4 is 10.1 Å². The van der Waals surface area contributed by atoms with Crippen molar-refractivity contribution in [2.45, 2.75) is 26.3 Å². The Morgan fingerprint density at radius 1 is 1.40 bits per heavy atom. The summed E-state index contributed by atoms with van der Waals surface area (Å²) in [6.45, 7) is 5.66. The van der Waals surface area contributed by atoms with Gasteiger partial charge in [0.15, 0.2) is 4.67 Å². The van der Waals surface area contributed by atoms with Gasteiger partial charge in [0.2, 0.25) is 0 Å². The van der Waals surface area contributed by atoms with Crippen LogP contribution in [0.5, 0.6) is 5.75 Å². The van der Waals surface area contributed by atoms with E-state index in [1.165, 1.54) is 0 Å². The number of rotatable bonds is 7. The Bertz CT molecular complexity index is 542. The maximum Gasteiger partial charge on any atom is 0.174 e. The van der Waals surface area contributed by atoms with Crippen molar-refractivity contribution in [3.8, 4) is 5.75 Å². The number of pyridine rings is 1. The highest BCUT2D eigenvalue weighted by Crippen LogP contribution is 2.30. The molecule has 1 atom stereocenters. The van der Waals surface area contributed by atoms with Gasteiger partial charge < -0.3 is 14.5 Å². The molecule has 0 radical (unpaired) electrons. The predicted molar refractivity (Wildman–Crippen MR) is 82.0 cm³/mol. The van der Waals surface area contributed by atoms with Gasteiger partial charge in [-0.15, -0.1) is 0 Å². The summed E-state index contributed by atoms with van der Waals surface area (Å²) in [6.07, 6.45) is 6.33. The highest BCUT2D eigenvalue weighted by molar-refractivity contribution is 9.10. The molecule has 108 valence electrons. The van der Waals surface area contributed by atoms with Gasteiger partial charge in [0.05, 0.1) is 25.1 Å². The van der Waals surface area contributed by atoms with E-state index in [9.17, 15) is 0 Å². The summed E-state index contributed by atoms with van der Waals surface area (Å²) in [5.41, 5.74) is 2.13. The Morgan fingerprint density at radius 3 is 2.90 bits per heavy atom. The molecule has 4 nitrogen and oxygen atoms in total. The first-order valence-electron chi connectivity index (χ1n) is 6.80. The van der Waals surface area contributed by atoms with Gasteiger partial charge in [-0.25, -0.2) is 0 Å². The molecule has 2 rings (SSSR count). The average Bonchev–Trinajstić information content (AvgIpc) is 2.87. The normalized spacial score (nSPS) is 12.3. The Hall–Kier alpha value is -1.33. The monoisotopic (exact) mass is 338 g/mol. The van der Waals surface area contributed by atoms with Crippen molar-refractivity contribution in [2.75, 3.05) is 13.2 Å². The molecular formula is C15H19BrN2O2. The van der Waals surface area contributed by atoms with Gasteiger partial charge in [-0.05, 0) is 53.5 Å². The molecule has 2 aromatic heterocycles. The van der Waals surface area contributed by atoms with E-state index in [0.717, 1.165) is 34.5 Å². The Balaban J connectivity index is 2.31. The molecule has 0 saturated heterocycles. The Kier molecular flexibility index (Phi) is 5.61. The van der Waals surface area contributed by atoms with Crippen molar-refractivity contribution in [2.24, 2.45) is 0 Å². The Morgan fingerprint density at radius 2 is 2.25 bits per heavy atom. The lowest BCUT2D eigenvalue weighted by molar-refractivity contribution is 0.338. The quantitative estimate of drug-likeness (QED) is 0.830. The number of aromatic nitrogens is 1. The van der Waals surface area contributed by atoms with Gasteiger partial charge in [-0.1, -0.05) is 6.92 Å². The summed E-state index contributed by atoms with van der Waals surface area (Å²) in [6, 6.07) is 4.02. The molecule has 0 aliphatic rings. The fraction of sp³-hybridized carbons (Fsp3) is 0.400. The van der Waals surface area contributed by atoms with Gasteiger partial charge in [-0.3, -0.25) is 4.98 Å². The molecule has 0 aliphatic heterocycles. The SMILES string of the molecule is CCCNC(c1cncc(OCC)c1)c1ccoc1Br. The molecule has 0 saturated carbocycles. The van der Waals surface area contributed by atoms with Crippen molar-refractivity contribution in [3.63, 3.8) is 0 Å². The van der Waals surface area contributed by atoms with Crippen LogP contribution in [-0.4, -0.2) is 18.1 Å². The molecule has 0 bridgehead atoms. The van der Waals surface area contributed by atoms with E-state index in [1.807, 2.05) is 25.3 Å². The van der Waals surface area contributed by atoms with Crippen molar-refractivity contribution in [3.05, 3.63) is 46.6 Å². The summed E-state index contributed by atoms with van der Waals surface area (Å²) in [7, 11) is 0. The molecule has 0 spiro atoms. The third-order valence-electron chi connectivity index (χ3n) is 2.93. The molecule has 1 unspecified atom stereocenters. The fourth-order valence-corrected chi connectivity index (χ4v) is 2.51. The first kappa shape index (κ1) is 15.1. The number of halogens is 1. The van der Waals surface area contributed by atoms with E-state index in [1.54, 1.807) is 12.5 Å². The van der Waals surface area contributed by atoms with Crippen LogP contribution in [0.3, 0.4) is 0 Å². The first-order valence-corrected chi connectivity index (χ1v) is 7.59. The molecule has 5 heteroatoms. The number of nitrogens with one attached hydrogen (secondary N) is 1. The van der Waals surface area contributed by atoms with Crippen LogP contribution in [0.1, 0.15) is 37.4 Å². The Labute approximate surface area is 127 Å². The van der Waals surface area contributed by atoms with Crippen LogP contribution in [0.15, 0.2) is 39.9 Å². The van der Waals surface area contributed by atoms with E-state index in [2.05, 4.69) is 33.2 Å². The van der Waals surface area contributed by atoms with E-state index in [4.69, 9.17) is 9.15 Å². The second kappa shape index (κ2) is 7.45. The van der Waals surface area contributed by atoms with E-state index in [-0.39, 0.29) is 6.04 Å². The second-order valence-corrected chi connectivity index (χ2v) is 5.14. The molecule has 0 aliphatic carbocycles. The molecule has 2 aromatic rings. The van der Waals surface area contributed by atoms with Crippen LogP contribution in [-0.2, 0) is 0 Å². The van der Waals surface area contributed by atoms with Crippen molar-refractivity contribution >= 4 is 15.9 Å². The average molecular weight is 339 g/mol. The molecular weight excluding hydrogens is 320 g/mol. The summed E-state index contributed by atoms with van der Waals surface area (Å²) < 4.78 is 11.6. The van der Waals surface area contributed by atoms with Crippen molar-refractivity contribution < 1.29 is 9.15 Å². The third-order valence-corrected chi connectivity index (χ3v) is 3.58. The topological polar surface area (TPSA) is 47.3 Å². The summed E-state index contributed by atoms with van der Waals surface area (Å²) in [4.78, 5) is 4.26. The van der Waals surface area contributed by atoms with E-state index >= 15 is 0 Å². The van der Waals surface area contributed by atoms with Gasteiger partial charge in [0, 0.05) is 11.8 Å². The maximum atomic E-state index is 5.52. The van der Waals surface area contributed by atoms with Gasteiger partial charge in [0.1, 0.15) is 5.75 Å². The second-order valence-electron chi connectivity index (χ2n) is 4.42. The number of ether oxygens (including phenoxy) is 1. The van der Waals surface area contributed by atoms with Crippen molar-refractivity contribution in [1.29, 1.82) is 0 Å². The fourth-order valence-electron chi connectivity index (χ4n) is 2.05. The van der Waals surface area contributed by atoms with Gasteiger partial charge >= 0.3 is 0 Å². The molecule has 1 N–H and O–H groups in total. The molecule has 2 heterocycles. The first-order chi connectivity index (χ1) is 9.76. The van der Waals surface area contributed by atoms with E-state index in [0.29, 0.717) is 6.61 Å². The maximum absolute atomic E-state index is 5.52. The minimum absolute atomic E-state index is 0.0379. The summed E-state index contributed by atoms with van der Waals surface area (Å²) >= 11 is 3.45. The lowest BCUT2D eigenvalue weighted by Crippen LogP contribution is -2.23. The van der Waals surface area contributed by atoms with Crippen molar-refractivity contribution in [1.82, 2.24) is 10.3 Å². The highest BCUT2D eigenvalue weighted by atomic mass is 79.9. The van der Waals surface area contributed by atoms with Gasteiger partial charge in [0.25, 0.3) is 0 Å². The molecule has 0 amide bonds. The zero-order valence-electron chi connectivity index (χ0n) is 11.7. The smallest absolute Gasteiger partial charge is 0.174 e. The summed E-state index contributed by atoms with van der Waals surface area (Å²) in [5.74, 6) is 0.785. The number of furan rings is 1. The molecule has 20 heavy (non-hydrogen) atoms. The zero-order chi connectivity index (χ0) is 14.4. The predicted octanol–water partition coefficient (Wildman–Crippen LogP) is 3.92. The lowest BCUT2D eigenvalue weighted by Gasteiger charge is -2.18. The highest BCUT2D eigenvalue weighted by Gasteiger charge is 2.19. The van der Waals surface area contributed by atoms with Crippen LogP contribution in [0.2, 0.25) is 0 Å². The van der Waals surface area contributed by atoms with Crippen LogP contribution in [0.25, 0.3) is 0 Å².